The molecule has 0 amide bonds. The largest absolute Gasteiger partial charge is 0.507 e. The predicted molar refractivity (Wildman–Crippen MR) is 127 cm³/mol. The summed E-state index contributed by atoms with van der Waals surface area (Å²) in [6.07, 6.45) is 10.0. The van der Waals surface area contributed by atoms with Crippen molar-refractivity contribution in [3.05, 3.63) is 54.1 Å². The third-order valence-electron chi connectivity index (χ3n) is 6.30. The van der Waals surface area contributed by atoms with Crippen LogP contribution in [-0.4, -0.2) is 39.3 Å². The summed E-state index contributed by atoms with van der Waals surface area (Å²) in [5.41, 5.74) is 10.1. The van der Waals surface area contributed by atoms with E-state index in [0.717, 1.165) is 31.5 Å². The molecular formula is C24H30ClN5O2. The molecule has 8 heteroatoms. The Bertz CT molecular complexity index is 1050. The summed E-state index contributed by atoms with van der Waals surface area (Å²) in [7, 11) is 0. The van der Waals surface area contributed by atoms with E-state index in [1.807, 2.05) is 22.9 Å². The van der Waals surface area contributed by atoms with Crippen LogP contribution < -0.4 is 15.8 Å². The van der Waals surface area contributed by atoms with E-state index in [-0.39, 0.29) is 18.2 Å². The lowest BCUT2D eigenvalue weighted by atomic mass is 9.86. The van der Waals surface area contributed by atoms with Gasteiger partial charge in [-0.3, -0.25) is 0 Å². The molecule has 5 rings (SSSR count). The van der Waals surface area contributed by atoms with Crippen molar-refractivity contribution < 1.29 is 9.84 Å². The van der Waals surface area contributed by atoms with Crippen LogP contribution in [0.25, 0.3) is 11.3 Å². The molecule has 2 aromatic heterocycles. The van der Waals surface area contributed by atoms with E-state index >= 15 is 0 Å². The van der Waals surface area contributed by atoms with Crippen molar-refractivity contribution in [2.75, 3.05) is 25.4 Å². The van der Waals surface area contributed by atoms with E-state index in [4.69, 9.17) is 15.5 Å². The van der Waals surface area contributed by atoms with Gasteiger partial charge in [0.05, 0.1) is 30.7 Å². The Morgan fingerprint density at radius 1 is 1.19 bits per heavy atom. The van der Waals surface area contributed by atoms with Crippen molar-refractivity contribution >= 4 is 18.2 Å². The van der Waals surface area contributed by atoms with E-state index in [9.17, 15) is 5.11 Å². The molecular weight excluding hydrogens is 426 g/mol. The van der Waals surface area contributed by atoms with E-state index in [0.29, 0.717) is 47.8 Å². The first-order valence-corrected chi connectivity index (χ1v) is 11.1. The molecule has 0 atom stereocenters. The lowest BCUT2D eigenvalue weighted by Crippen LogP contribution is -2.27. The van der Waals surface area contributed by atoms with Gasteiger partial charge in [0, 0.05) is 18.0 Å². The summed E-state index contributed by atoms with van der Waals surface area (Å²) in [6.45, 7) is 3.27. The number of aromatic nitrogens is 3. The fourth-order valence-corrected chi connectivity index (χ4v) is 4.36. The van der Waals surface area contributed by atoms with Gasteiger partial charge in [0.15, 0.2) is 0 Å². The quantitative estimate of drug-likeness (QED) is 0.498. The number of hydrogen-bond donors (Lipinski definition) is 3. The maximum atomic E-state index is 10.7. The highest BCUT2D eigenvalue weighted by atomic mass is 35.5. The summed E-state index contributed by atoms with van der Waals surface area (Å²) < 4.78 is 8.09. The van der Waals surface area contributed by atoms with Crippen molar-refractivity contribution in [2.24, 2.45) is 5.92 Å². The van der Waals surface area contributed by atoms with Gasteiger partial charge in [-0.2, -0.15) is 0 Å². The van der Waals surface area contributed by atoms with Crippen LogP contribution in [0.2, 0.25) is 0 Å². The second-order valence-electron chi connectivity index (χ2n) is 8.62. The Morgan fingerprint density at radius 2 is 2.00 bits per heavy atom. The Morgan fingerprint density at radius 3 is 2.72 bits per heavy atom. The molecule has 1 saturated heterocycles. The second-order valence-corrected chi connectivity index (χ2v) is 8.62. The topological polar surface area (TPSA) is 98.2 Å². The highest BCUT2D eigenvalue weighted by Crippen LogP contribution is 2.41. The number of phenolic OH excluding ortho intramolecular Hbond substituents is 1. The van der Waals surface area contributed by atoms with Gasteiger partial charge in [0.2, 0.25) is 0 Å². The maximum absolute atomic E-state index is 10.7. The first-order chi connectivity index (χ1) is 15.2. The number of ether oxygens (including phenoxy) is 1. The van der Waals surface area contributed by atoms with Crippen LogP contribution in [0.3, 0.4) is 0 Å². The highest BCUT2D eigenvalue weighted by molar-refractivity contribution is 5.85. The molecule has 4 N–H and O–H groups in total. The molecule has 0 bridgehead atoms. The van der Waals surface area contributed by atoms with Gasteiger partial charge >= 0.3 is 0 Å². The number of nitrogens with zero attached hydrogens (tertiary/aromatic N) is 3. The van der Waals surface area contributed by atoms with Crippen molar-refractivity contribution in [3.8, 4) is 22.8 Å². The van der Waals surface area contributed by atoms with Gasteiger partial charge in [-0.15, -0.1) is 12.4 Å². The van der Waals surface area contributed by atoms with Crippen LogP contribution in [0.5, 0.6) is 11.5 Å². The number of phenols is 1. The molecule has 7 nitrogen and oxygen atoms in total. The molecule has 3 aromatic rings. The molecule has 170 valence electrons. The Balaban J connectivity index is 0.00000245. The van der Waals surface area contributed by atoms with Crippen molar-refractivity contribution in [2.45, 2.75) is 38.1 Å². The van der Waals surface area contributed by atoms with Crippen molar-refractivity contribution in [1.82, 2.24) is 19.9 Å². The standard InChI is InChI=1S/C24H29N5O2.ClH/c25-24-19(13-29-11-10-27-15-29)18(17-6-8-26-9-7-17)12-20(28-24)23-21(30)2-1-3-22(23)31-14-16-4-5-16;/h1-3,10-12,15-17,26,30H,4-9,13-14H2,(H2,25,28);1H. The smallest absolute Gasteiger partial charge is 0.132 e. The number of aromatic hydroxyl groups is 1. The average Bonchev–Trinajstić information content (AvgIpc) is 3.47. The number of piperidine rings is 1. The molecule has 0 radical (unpaired) electrons. The molecule has 2 fully saturated rings. The Kier molecular flexibility index (Phi) is 6.86. The second kappa shape index (κ2) is 9.79. The zero-order valence-electron chi connectivity index (χ0n) is 18.0. The van der Waals surface area contributed by atoms with Gasteiger partial charge in [-0.1, -0.05) is 6.07 Å². The zero-order valence-corrected chi connectivity index (χ0v) is 18.9. The van der Waals surface area contributed by atoms with Crippen LogP contribution in [0.1, 0.15) is 42.7 Å². The van der Waals surface area contributed by atoms with E-state index in [2.05, 4.69) is 16.4 Å². The fraction of sp³-hybridized carbons (Fsp3) is 0.417. The number of nitrogens with two attached hydrogens (primary N) is 1. The van der Waals surface area contributed by atoms with Crippen LogP contribution in [0.15, 0.2) is 43.0 Å². The Hall–Kier alpha value is -2.77. The molecule has 1 aromatic carbocycles. The first-order valence-electron chi connectivity index (χ1n) is 11.1. The number of rotatable bonds is 7. The lowest BCUT2D eigenvalue weighted by Gasteiger charge is -2.26. The normalized spacial score (nSPS) is 16.5. The average molecular weight is 456 g/mol. The van der Waals surface area contributed by atoms with Gasteiger partial charge in [-0.05, 0) is 74.4 Å². The third kappa shape index (κ3) is 4.84. The Labute approximate surface area is 194 Å². The van der Waals surface area contributed by atoms with Gasteiger partial charge < -0.3 is 25.5 Å². The molecule has 1 aliphatic heterocycles. The fourth-order valence-electron chi connectivity index (χ4n) is 4.36. The number of pyridine rings is 1. The lowest BCUT2D eigenvalue weighted by molar-refractivity contribution is 0.299. The first kappa shape index (κ1) is 22.4. The van der Waals surface area contributed by atoms with E-state index in [1.54, 1.807) is 18.6 Å². The van der Waals surface area contributed by atoms with Crippen LogP contribution in [0, 0.1) is 5.92 Å². The summed E-state index contributed by atoms with van der Waals surface area (Å²) in [5, 5.41) is 14.2. The van der Waals surface area contributed by atoms with Gasteiger partial charge in [0.25, 0.3) is 0 Å². The minimum atomic E-state index is 0. The minimum absolute atomic E-state index is 0. The maximum Gasteiger partial charge on any atom is 0.132 e. The molecule has 1 aliphatic carbocycles. The van der Waals surface area contributed by atoms with Crippen molar-refractivity contribution in [1.29, 1.82) is 0 Å². The third-order valence-corrected chi connectivity index (χ3v) is 6.30. The summed E-state index contributed by atoms with van der Waals surface area (Å²) in [5.74, 6) is 2.34. The zero-order chi connectivity index (χ0) is 21.2. The van der Waals surface area contributed by atoms with Crippen LogP contribution >= 0.6 is 12.4 Å². The number of nitrogens with one attached hydrogen (secondary N) is 1. The number of imidazole rings is 1. The SMILES string of the molecule is Cl.Nc1nc(-c2c(O)cccc2OCC2CC2)cc(C2CCNCC2)c1Cn1ccnc1. The molecule has 1 saturated carbocycles. The number of benzene rings is 1. The van der Waals surface area contributed by atoms with Crippen LogP contribution in [0.4, 0.5) is 5.82 Å². The van der Waals surface area contributed by atoms with Crippen molar-refractivity contribution in [3.63, 3.8) is 0 Å². The molecule has 2 aliphatic rings. The van der Waals surface area contributed by atoms with E-state index in [1.165, 1.54) is 18.4 Å². The molecule has 32 heavy (non-hydrogen) atoms. The summed E-state index contributed by atoms with van der Waals surface area (Å²) in [6, 6.07) is 7.50. The van der Waals surface area contributed by atoms with E-state index < -0.39 is 0 Å². The molecule has 3 heterocycles. The number of anilines is 1. The minimum Gasteiger partial charge on any atom is -0.507 e. The summed E-state index contributed by atoms with van der Waals surface area (Å²) in [4.78, 5) is 8.89. The van der Waals surface area contributed by atoms with Crippen LogP contribution in [-0.2, 0) is 6.54 Å². The monoisotopic (exact) mass is 455 g/mol. The predicted octanol–water partition coefficient (Wildman–Crippen LogP) is 3.96. The van der Waals surface area contributed by atoms with Gasteiger partial charge in [-0.25, -0.2) is 9.97 Å². The molecule has 0 spiro atoms. The summed E-state index contributed by atoms with van der Waals surface area (Å²) >= 11 is 0. The number of hydrogen-bond acceptors (Lipinski definition) is 6. The number of halogens is 1. The highest BCUT2D eigenvalue weighted by Gasteiger charge is 2.25. The molecule has 0 unspecified atom stereocenters. The number of nitrogen functional groups attached to an aromatic ring is 1. The van der Waals surface area contributed by atoms with Gasteiger partial charge in [0.1, 0.15) is 17.3 Å².